The van der Waals surface area contributed by atoms with Crippen molar-refractivity contribution in [2.24, 2.45) is 5.41 Å². The van der Waals surface area contributed by atoms with Gasteiger partial charge in [-0.2, -0.15) is 0 Å². The average molecular weight is 229 g/mol. The molecule has 1 aliphatic rings. The van der Waals surface area contributed by atoms with E-state index in [1.807, 2.05) is 0 Å². The summed E-state index contributed by atoms with van der Waals surface area (Å²) in [5.41, 5.74) is 0.263. The summed E-state index contributed by atoms with van der Waals surface area (Å²) in [7, 11) is 2.06. The molecule has 1 fully saturated rings. The summed E-state index contributed by atoms with van der Waals surface area (Å²) in [5.74, 6) is -0.832. The van der Waals surface area contributed by atoms with Crippen LogP contribution in [0.2, 0.25) is 0 Å². The van der Waals surface area contributed by atoms with Crippen LogP contribution in [0.15, 0.2) is 0 Å². The first-order chi connectivity index (χ1) is 7.28. The van der Waals surface area contributed by atoms with Crippen LogP contribution in [0, 0.1) is 5.41 Å². The minimum absolute atomic E-state index is 0.0773. The molecule has 1 saturated heterocycles. The fourth-order valence-corrected chi connectivity index (χ4v) is 2.24. The lowest BCUT2D eigenvalue weighted by molar-refractivity contribution is -0.149. The molecule has 4 heteroatoms. The van der Waals surface area contributed by atoms with Crippen molar-refractivity contribution in [3.8, 4) is 0 Å². The molecule has 0 spiro atoms. The monoisotopic (exact) mass is 229 g/mol. The van der Waals surface area contributed by atoms with Crippen LogP contribution in [0.25, 0.3) is 0 Å². The molecular formula is C12H23NO3. The van der Waals surface area contributed by atoms with Crippen molar-refractivity contribution < 1.29 is 14.6 Å². The van der Waals surface area contributed by atoms with E-state index in [1.54, 1.807) is 0 Å². The summed E-state index contributed by atoms with van der Waals surface area (Å²) in [6, 6.07) is 0. The van der Waals surface area contributed by atoms with Crippen molar-refractivity contribution in [3.05, 3.63) is 0 Å². The normalized spacial score (nSPS) is 26.3. The molecule has 0 radical (unpaired) electrons. The van der Waals surface area contributed by atoms with E-state index in [-0.39, 0.29) is 11.5 Å². The van der Waals surface area contributed by atoms with Crippen molar-refractivity contribution in [1.29, 1.82) is 0 Å². The van der Waals surface area contributed by atoms with Crippen LogP contribution < -0.4 is 0 Å². The average Bonchev–Trinajstić information content (AvgIpc) is 2.48. The third-order valence-electron chi connectivity index (χ3n) is 2.64. The molecule has 1 aliphatic heterocycles. The Bertz CT molecular complexity index is 247. The largest absolute Gasteiger partial charge is 0.479 e. The second kappa shape index (κ2) is 5.15. The highest BCUT2D eigenvalue weighted by Crippen LogP contribution is 2.22. The van der Waals surface area contributed by atoms with Crippen molar-refractivity contribution in [1.82, 2.24) is 4.90 Å². The van der Waals surface area contributed by atoms with Crippen LogP contribution >= 0.6 is 0 Å². The second-order valence-corrected chi connectivity index (χ2v) is 5.92. The molecule has 0 aliphatic carbocycles. The standard InChI is InChI=1S/C12H23NO3/c1-12(2,3)8-13(4)7-9-5-6-10(16-9)11(14)15/h9-10H,5-8H2,1-4H3,(H,14,15). The number of aliphatic carboxylic acids is 1. The fraction of sp³-hybridized carbons (Fsp3) is 0.917. The zero-order valence-electron chi connectivity index (χ0n) is 10.7. The van der Waals surface area contributed by atoms with Gasteiger partial charge in [0, 0.05) is 13.1 Å². The van der Waals surface area contributed by atoms with Gasteiger partial charge in [0.25, 0.3) is 0 Å². The molecule has 0 bridgehead atoms. The van der Waals surface area contributed by atoms with Crippen molar-refractivity contribution in [2.45, 2.75) is 45.8 Å². The van der Waals surface area contributed by atoms with Crippen LogP contribution in [0.1, 0.15) is 33.6 Å². The van der Waals surface area contributed by atoms with E-state index in [4.69, 9.17) is 9.84 Å². The summed E-state index contributed by atoms with van der Waals surface area (Å²) in [4.78, 5) is 12.9. The van der Waals surface area contributed by atoms with Crippen LogP contribution in [0.4, 0.5) is 0 Å². The summed E-state index contributed by atoms with van der Waals surface area (Å²) in [6.07, 6.45) is 0.982. The number of carbonyl (C=O) groups is 1. The predicted molar refractivity (Wildman–Crippen MR) is 62.5 cm³/mol. The molecule has 1 N–H and O–H groups in total. The number of nitrogens with zero attached hydrogens (tertiary/aromatic N) is 1. The molecule has 1 heterocycles. The van der Waals surface area contributed by atoms with E-state index in [0.29, 0.717) is 6.42 Å². The minimum Gasteiger partial charge on any atom is -0.479 e. The van der Waals surface area contributed by atoms with Crippen LogP contribution in [-0.2, 0) is 9.53 Å². The molecule has 0 saturated carbocycles. The Kier molecular flexibility index (Phi) is 4.33. The Labute approximate surface area is 97.6 Å². The molecule has 2 atom stereocenters. The number of carboxylic acids is 1. The maximum absolute atomic E-state index is 10.7. The molecular weight excluding hydrogens is 206 g/mol. The molecule has 4 nitrogen and oxygen atoms in total. The second-order valence-electron chi connectivity index (χ2n) is 5.92. The van der Waals surface area contributed by atoms with Gasteiger partial charge in [-0.1, -0.05) is 20.8 Å². The van der Waals surface area contributed by atoms with Gasteiger partial charge in [0.15, 0.2) is 6.10 Å². The van der Waals surface area contributed by atoms with Crippen LogP contribution in [-0.4, -0.2) is 48.3 Å². The van der Waals surface area contributed by atoms with Gasteiger partial charge < -0.3 is 14.7 Å². The van der Waals surface area contributed by atoms with E-state index >= 15 is 0 Å². The molecule has 0 aromatic rings. The zero-order chi connectivity index (χ0) is 12.3. The summed E-state index contributed by atoms with van der Waals surface area (Å²) >= 11 is 0. The van der Waals surface area contributed by atoms with E-state index in [2.05, 4.69) is 32.7 Å². The Hall–Kier alpha value is -0.610. The number of likely N-dealkylation sites (N-methyl/N-ethyl adjacent to an activating group) is 1. The fourth-order valence-electron chi connectivity index (χ4n) is 2.24. The van der Waals surface area contributed by atoms with Crippen LogP contribution in [0.3, 0.4) is 0 Å². The SMILES string of the molecule is CN(CC1CCC(C(=O)O)O1)CC(C)(C)C. The lowest BCUT2D eigenvalue weighted by Crippen LogP contribution is -2.35. The van der Waals surface area contributed by atoms with E-state index < -0.39 is 12.1 Å². The summed E-state index contributed by atoms with van der Waals surface area (Å²) in [5, 5.41) is 8.81. The third kappa shape index (κ3) is 4.49. The van der Waals surface area contributed by atoms with E-state index in [0.717, 1.165) is 19.5 Å². The van der Waals surface area contributed by atoms with Crippen molar-refractivity contribution in [3.63, 3.8) is 0 Å². The predicted octanol–water partition coefficient (Wildman–Crippen LogP) is 1.60. The third-order valence-corrected chi connectivity index (χ3v) is 2.64. The smallest absolute Gasteiger partial charge is 0.332 e. The van der Waals surface area contributed by atoms with Crippen LogP contribution in [0.5, 0.6) is 0 Å². The Morgan fingerprint density at radius 2 is 2.06 bits per heavy atom. The minimum atomic E-state index is -0.832. The van der Waals surface area contributed by atoms with Gasteiger partial charge in [-0.25, -0.2) is 4.79 Å². The van der Waals surface area contributed by atoms with E-state index in [1.165, 1.54) is 0 Å². The van der Waals surface area contributed by atoms with Gasteiger partial charge >= 0.3 is 5.97 Å². The molecule has 16 heavy (non-hydrogen) atoms. The first kappa shape index (κ1) is 13.5. The molecule has 2 unspecified atom stereocenters. The highest BCUT2D eigenvalue weighted by Gasteiger charge is 2.31. The number of rotatable bonds is 4. The molecule has 0 aromatic carbocycles. The van der Waals surface area contributed by atoms with Gasteiger partial charge in [-0.05, 0) is 25.3 Å². The Balaban J connectivity index is 2.31. The molecule has 0 aromatic heterocycles. The highest BCUT2D eigenvalue weighted by atomic mass is 16.5. The number of carboxylic acid groups (broad SMARTS) is 1. The summed E-state index contributed by atoms with van der Waals surface area (Å²) < 4.78 is 5.47. The number of ether oxygens (including phenoxy) is 1. The molecule has 0 amide bonds. The Morgan fingerprint density at radius 1 is 1.44 bits per heavy atom. The lowest BCUT2D eigenvalue weighted by Gasteiger charge is -2.28. The lowest BCUT2D eigenvalue weighted by atomic mass is 9.96. The topological polar surface area (TPSA) is 49.8 Å². The van der Waals surface area contributed by atoms with Gasteiger partial charge in [-0.15, -0.1) is 0 Å². The van der Waals surface area contributed by atoms with Crippen molar-refractivity contribution >= 4 is 5.97 Å². The van der Waals surface area contributed by atoms with Gasteiger partial charge in [-0.3, -0.25) is 0 Å². The highest BCUT2D eigenvalue weighted by molar-refractivity contribution is 5.72. The first-order valence-corrected chi connectivity index (χ1v) is 5.85. The Morgan fingerprint density at radius 3 is 2.50 bits per heavy atom. The van der Waals surface area contributed by atoms with E-state index in [9.17, 15) is 4.79 Å². The van der Waals surface area contributed by atoms with Gasteiger partial charge in [0.2, 0.25) is 0 Å². The number of hydrogen-bond acceptors (Lipinski definition) is 3. The summed E-state index contributed by atoms with van der Waals surface area (Å²) in [6.45, 7) is 8.39. The van der Waals surface area contributed by atoms with Crippen molar-refractivity contribution in [2.75, 3.05) is 20.1 Å². The molecule has 94 valence electrons. The van der Waals surface area contributed by atoms with Gasteiger partial charge in [0.1, 0.15) is 0 Å². The first-order valence-electron chi connectivity index (χ1n) is 5.85. The zero-order valence-corrected chi connectivity index (χ0v) is 10.7. The maximum atomic E-state index is 10.7. The quantitative estimate of drug-likeness (QED) is 0.795. The maximum Gasteiger partial charge on any atom is 0.332 e. The molecule has 1 rings (SSSR count). The van der Waals surface area contributed by atoms with Gasteiger partial charge in [0.05, 0.1) is 6.10 Å². The number of hydrogen-bond donors (Lipinski definition) is 1.